The third-order valence-electron chi connectivity index (χ3n) is 4.38. The van der Waals surface area contributed by atoms with Gasteiger partial charge >= 0.3 is 0 Å². The van der Waals surface area contributed by atoms with Gasteiger partial charge in [-0.25, -0.2) is 0 Å². The number of hydrogen-bond acceptors (Lipinski definition) is 6. The van der Waals surface area contributed by atoms with E-state index in [2.05, 4.69) is 5.32 Å². The van der Waals surface area contributed by atoms with Crippen LogP contribution in [0.1, 0.15) is 15.9 Å². The molecule has 1 heterocycles. The third kappa shape index (κ3) is 5.78. The molecule has 8 nitrogen and oxygen atoms in total. The SMILES string of the molecule is O=C(CSCc1ccc([N+](=O)[O-])cc1)Nc1ccccc1C(=O)N1CCOCC1. The fourth-order valence-corrected chi connectivity index (χ4v) is 3.66. The van der Waals surface area contributed by atoms with Crippen LogP contribution in [0.15, 0.2) is 48.5 Å². The number of nitrogens with one attached hydrogen (secondary N) is 1. The fourth-order valence-electron chi connectivity index (χ4n) is 2.88. The van der Waals surface area contributed by atoms with Crippen LogP contribution in [-0.2, 0) is 15.3 Å². The topological polar surface area (TPSA) is 102 Å². The van der Waals surface area contributed by atoms with Crippen LogP contribution in [0.2, 0.25) is 0 Å². The molecule has 9 heteroatoms. The van der Waals surface area contributed by atoms with Gasteiger partial charge in [0, 0.05) is 31.0 Å². The Hall–Kier alpha value is -2.91. The number of non-ortho nitro benzene ring substituents is 1. The lowest BCUT2D eigenvalue weighted by molar-refractivity contribution is -0.384. The molecule has 0 unspecified atom stereocenters. The van der Waals surface area contributed by atoms with Crippen molar-refractivity contribution in [1.29, 1.82) is 0 Å². The predicted octanol–water partition coefficient (Wildman–Crippen LogP) is 2.94. The molecule has 0 saturated carbocycles. The average molecular weight is 415 g/mol. The second-order valence-electron chi connectivity index (χ2n) is 6.41. The van der Waals surface area contributed by atoms with Gasteiger partial charge in [-0.2, -0.15) is 0 Å². The van der Waals surface area contributed by atoms with Crippen molar-refractivity contribution in [2.45, 2.75) is 5.75 Å². The predicted molar refractivity (Wildman–Crippen MR) is 111 cm³/mol. The van der Waals surface area contributed by atoms with Gasteiger partial charge in [0.15, 0.2) is 0 Å². The summed E-state index contributed by atoms with van der Waals surface area (Å²) in [6.45, 7) is 2.09. The van der Waals surface area contributed by atoms with Crippen molar-refractivity contribution < 1.29 is 19.2 Å². The standard InChI is InChI=1S/C20H21N3O5S/c24-19(14-29-13-15-5-7-16(8-6-15)23(26)27)21-18-4-2-1-3-17(18)20(25)22-9-11-28-12-10-22/h1-8H,9-14H2,(H,21,24). The van der Waals surface area contributed by atoms with E-state index in [9.17, 15) is 19.7 Å². The summed E-state index contributed by atoms with van der Waals surface area (Å²) in [5.74, 6) is 0.429. The van der Waals surface area contributed by atoms with Gasteiger partial charge in [0.1, 0.15) is 0 Å². The number of nitro groups is 1. The maximum absolute atomic E-state index is 12.7. The molecule has 1 fully saturated rings. The Balaban J connectivity index is 1.54. The normalized spacial score (nSPS) is 13.7. The Morgan fingerprint density at radius 3 is 2.48 bits per heavy atom. The number of hydrogen-bond donors (Lipinski definition) is 1. The number of para-hydroxylation sites is 1. The smallest absolute Gasteiger partial charge is 0.269 e. The van der Waals surface area contributed by atoms with Crippen molar-refractivity contribution in [3.05, 3.63) is 69.8 Å². The van der Waals surface area contributed by atoms with E-state index >= 15 is 0 Å². The van der Waals surface area contributed by atoms with E-state index in [0.717, 1.165) is 5.56 Å². The van der Waals surface area contributed by atoms with E-state index in [-0.39, 0.29) is 23.3 Å². The number of nitrogens with zero attached hydrogens (tertiary/aromatic N) is 2. The van der Waals surface area contributed by atoms with E-state index in [1.807, 2.05) is 0 Å². The number of benzene rings is 2. The van der Waals surface area contributed by atoms with Gasteiger partial charge in [0.2, 0.25) is 5.91 Å². The monoisotopic (exact) mass is 415 g/mol. The molecule has 3 rings (SSSR count). The van der Waals surface area contributed by atoms with Crippen LogP contribution in [0, 0.1) is 10.1 Å². The van der Waals surface area contributed by atoms with Gasteiger partial charge in [-0.15, -0.1) is 11.8 Å². The molecule has 0 spiro atoms. The van der Waals surface area contributed by atoms with Gasteiger partial charge in [-0.05, 0) is 17.7 Å². The summed E-state index contributed by atoms with van der Waals surface area (Å²) in [5, 5.41) is 13.5. The minimum atomic E-state index is -0.444. The first-order valence-electron chi connectivity index (χ1n) is 9.11. The van der Waals surface area contributed by atoms with Crippen molar-refractivity contribution in [3.63, 3.8) is 0 Å². The Morgan fingerprint density at radius 2 is 1.79 bits per heavy atom. The highest BCUT2D eigenvalue weighted by Crippen LogP contribution is 2.20. The van der Waals surface area contributed by atoms with Crippen molar-refractivity contribution in [1.82, 2.24) is 4.90 Å². The molecule has 1 aliphatic rings. The molecule has 0 radical (unpaired) electrons. The molecule has 1 saturated heterocycles. The van der Waals surface area contributed by atoms with Gasteiger partial charge in [0.25, 0.3) is 11.6 Å². The lowest BCUT2D eigenvalue weighted by Gasteiger charge is -2.27. The summed E-state index contributed by atoms with van der Waals surface area (Å²) in [4.78, 5) is 37.0. The molecule has 0 aromatic heterocycles. The molecule has 2 aromatic rings. The fraction of sp³-hybridized carbons (Fsp3) is 0.300. The van der Waals surface area contributed by atoms with Crippen molar-refractivity contribution >= 4 is 35.0 Å². The first kappa shape index (κ1) is 20.8. The Bertz CT molecular complexity index is 882. The van der Waals surface area contributed by atoms with Gasteiger partial charge in [-0.3, -0.25) is 19.7 Å². The van der Waals surface area contributed by atoms with Crippen LogP contribution in [0.3, 0.4) is 0 Å². The molecule has 1 aliphatic heterocycles. The first-order chi connectivity index (χ1) is 14.0. The number of amides is 2. The molecule has 0 aliphatic carbocycles. The molecule has 1 N–H and O–H groups in total. The van der Waals surface area contributed by atoms with Crippen LogP contribution in [0.4, 0.5) is 11.4 Å². The maximum Gasteiger partial charge on any atom is 0.269 e. The van der Waals surface area contributed by atoms with Crippen LogP contribution in [0.5, 0.6) is 0 Å². The maximum atomic E-state index is 12.7. The zero-order valence-corrected chi connectivity index (χ0v) is 16.5. The minimum Gasteiger partial charge on any atom is -0.378 e. The second kappa shape index (κ2) is 10.0. The summed E-state index contributed by atoms with van der Waals surface area (Å²) >= 11 is 1.40. The van der Waals surface area contributed by atoms with Gasteiger partial charge in [0.05, 0.1) is 35.1 Å². The number of thioether (sulfide) groups is 1. The lowest BCUT2D eigenvalue weighted by Crippen LogP contribution is -2.41. The number of anilines is 1. The first-order valence-corrected chi connectivity index (χ1v) is 10.3. The summed E-state index contributed by atoms with van der Waals surface area (Å²) in [6.07, 6.45) is 0. The molecule has 2 amide bonds. The molecular formula is C20H21N3O5S. The minimum absolute atomic E-state index is 0.0398. The van der Waals surface area contributed by atoms with E-state index in [0.29, 0.717) is 43.3 Å². The highest BCUT2D eigenvalue weighted by atomic mass is 32.2. The van der Waals surface area contributed by atoms with Crippen LogP contribution < -0.4 is 5.32 Å². The van der Waals surface area contributed by atoms with E-state index in [1.165, 1.54) is 23.9 Å². The molecule has 2 aromatic carbocycles. The van der Waals surface area contributed by atoms with Gasteiger partial charge < -0.3 is 15.0 Å². The highest BCUT2D eigenvalue weighted by Gasteiger charge is 2.21. The zero-order chi connectivity index (χ0) is 20.6. The number of nitro benzene ring substituents is 1. The Labute approximate surface area is 172 Å². The van der Waals surface area contributed by atoms with E-state index in [4.69, 9.17) is 4.74 Å². The summed E-state index contributed by atoms with van der Waals surface area (Å²) in [7, 11) is 0. The third-order valence-corrected chi connectivity index (χ3v) is 5.38. The van der Waals surface area contributed by atoms with Crippen LogP contribution in [0.25, 0.3) is 0 Å². The Morgan fingerprint density at radius 1 is 1.10 bits per heavy atom. The van der Waals surface area contributed by atoms with Crippen LogP contribution in [-0.4, -0.2) is 53.7 Å². The van der Waals surface area contributed by atoms with Crippen molar-refractivity contribution in [2.75, 3.05) is 37.4 Å². The molecular weight excluding hydrogens is 394 g/mol. The van der Waals surface area contributed by atoms with Gasteiger partial charge in [-0.1, -0.05) is 24.3 Å². The zero-order valence-electron chi connectivity index (χ0n) is 15.7. The highest BCUT2D eigenvalue weighted by molar-refractivity contribution is 7.99. The largest absolute Gasteiger partial charge is 0.378 e. The lowest BCUT2D eigenvalue weighted by atomic mass is 10.1. The average Bonchev–Trinajstić information content (AvgIpc) is 2.74. The molecule has 152 valence electrons. The summed E-state index contributed by atoms with van der Waals surface area (Å²) < 4.78 is 5.28. The van der Waals surface area contributed by atoms with E-state index in [1.54, 1.807) is 41.3 Å². The summed E-state index contributed by atoms with van der Waals surface area (Å²) in [5.41, 5.74) is 1.89. The Kier molecular flexibility index (Phi) is 7.20. The molecule has 0 atom stereocenters. The molecule has 29 heavy (non-hydrogen) atoms. The number of rotatable bonds is 7. The number of morpholine rings is 1. The van der Waals surface area contributed by atoms with Crippen molar-refractivity contribution in [2.24, 2.45) is 0 Å². The van der Waals surface area contributed by atoms with Crippen molar-refractivity contribution in [3.8, 4) is 0 Å². The van der Waals surface area contributed by atoms with E-state index < -0.39 is 4.92 Å². The quantitative estimate of drug-likeness (QED) is 0.551. The number of carbonyl (C=O) groups is 2. The second-order valence-corrected chi connectivity index (χ2v) is 7.40. The molecule has 0 bridgehead atoms. The van der Waals surface area contributed by atoms with Crippen LogP contribution >= 0.6 is 11.8 Å². The summed E-state index contributed by atoms with van der Waals surface area (Å²) in [6, 6.07) is 13.2. The number of ether oxygens (including phenoxy) is 1. The number of carbonyl (C=O) groups excluding carboxylic acids is 2.